The maximum Gasteiger partial charge on any atom is 0.245 e. The Morgan fingerprint density at radius 1 is 1.04 bits per heavy atom. The smallest absolute Gasteiger partial charge is 0.245 e. The molecule has 0 unspecified atom stereocenters. The van der Waals surface area contributed by atoms with Crippen LogP contribution in [0.1, 0.15) is 31.7 Å². The summed E-state index contributed by atoms with van der Waals surface area (Å²) in [7, 11) is 0. The molecule has 2 heterocycles. The lowest BCUT2D eigenvalue weighted by Gasteiger charge is -2.39. The number of likely N-dealkylation sites (tertiary alicyclic amines) is 1. The Morgan fingerprint density at radius 2 is 1.70 bits per heavy atom. The zero-order valence-electron chi connectivity index (χ0n) is 15.3. The van der Waals surface area contributed by atoms with Gasteiger partial charge in [0.1, 0.15) is 17.7 Å². The van der Waals surface area contributed by atoms with Gasteiger partial charge >= 0.3 is 0 Å². The highest BCUT2D eigenvalue weighted by Crippen LogP contribution is 2.20. The highest BCUT2D eigenvalue weighted by Gasteiger charge is 2.37. The van der Waals surface area contributed by atoms with Crippen LogP contribution in [0.15, 0.2) is 18.2 Å². The monoisotopic (exact) mass is 379 g/mol. The van der Waals surface area contributed by atoms with Crippen molar-refractivity contribution in [3.63, 3.8) is 0 Å². The topological polar surface area (TPSA) is 60.9 Å². The number of rotatable bonds is 6. The van der Waals surface area contributed by atoms with Crippen LogP contribution < -0.4 is 0 Å². The van der Waals surface area contributed by atoms with Crippen molar-refractivity contribution < 1.29 is 23.2 Å². The predicted octanol–water partition coefficient (Wildman–Crippen LogP) is 1.54. The first-order valence-corrected chi connectivity index (χ1v) is 9.17. The van der Waals surface area contributed by atoms with Crippen LogP contribution in [0.25, 0.3) is 0 Å². The molecule has 0 bridgehead atoms. The number of benzene rings is 1. The highest BCUT2D eigenvalue weighted by molar-refractivity contribution is 5.94. The van der Waals surface area contributed by atoms with Gasteiger partial charge in [0.25, 0.3) is 0 Å². The van der Waals surface area contributed by atoms with Crippen molar-refractivity contribution in [3.05, 3.63) is 35.4 Å². The second-order valence-electron chi connectivity index (χ2n) is 7.00. The third-order valence-corrected chi connectivity index (χ3v) is 5.20. The van der Waals surface area contributed by atoms with Gasteiger partial charge in [0.15, 0.2) is 0 Å². The zero-order chi connectivity index (χ0) is 19.6. The third kappa shape index (κ3) is 4.09. The molecule has 3 amide bonds. The molecule has 1 aromatic rings. The fraction of sp³-hybridized carbons (Fsp3) is 0.526. The van der Waals surface area contributed by atoms with E-state index in [9.17, 15) is 23.2 Å². The Balaban J connectivity index is 1.59. The van der Waals surface area contributed by atoms with E-state index in [4.69, 9.17) is 0 Å². The van der Waals surface area contributed by atoms with E-state index in [0.29, 0.717) is 25.9 Å². The van der Waals surface area contributed by atoms with Gasteiger partial charge in [-0.2, -0.15) is 0 Å². The van der Waals surface area contributed by atoms with Gasteiger partial charge in [-0.15, -0.1) is 0 Å². The Kier molecular flexibility index (Phi) is 5.72. The minimum Gasteiger partial charge on any atom is -0.343 e. The summed E-state index contributed by atoms with van der Waals surface area (Å²) in [4.78, 5) is 41.1. The highest BCUT2D eigenvalue weighted by atomic mass is 19.1. The first-order chi connectivity index (χ1) is 12.9. The average molecular weight is 379 g/mol. The van der Waals surface area contributed by atoms with Crippen molar-refractivity contribution in [2.45, 2.75) is 38.8 Å². The average Bonchev–Trinajstić information content (AvgIpc) is 3.03. The quantitative estimate of drug-likeness (QED) is 0.753. The summed E-state index contributed by atoms with van der Waals surface area (Å²) in [6.45, 7) is 2.85. The van der Waals surface area contributed by atoms with Crippen LogP contribution in [-0.4, -0.2) is 64.6 Å². The van der Waals surface area contributed by atoms with Crippen molar-refractivity contribution in [1.82, 2.24) is 14.7 Å². The molecule has 27 heavy (non-hydrogen) atoms. The molecule has 6 nitrogen and oxygen atoms in total. The van der Waals surface area contributed by atoms with Crippen LogP contribution in [0.4, 0.5) is 8.78 Å². The molecule has 3 rings (SSSR count). The number of carbonyl (C=O) groups is 3. The van der Waals surface area contributed by atoms with Crippen molar-refractivity contribution in [2.75, 3.05) is 26.2 Å². The SMILES string of the molecule is C[C@H]1C(=O)N(CCCN2CCCC2=O)CC(=O)N1Cc1c(F)cccc1F. The van der Waals surface area contributed by atoms with E-state index >= 15 is 0 Å². The molecule has 0 spiro atoms. The Hall–Kier alpha value is -2.51. The molecule has 2 fully saturated rings. The number of amides is 3. The summed E-state index contributed by atoms with van der Waals surface area (Å²) >= 11 is 0. The molecular formula is C19H23F2N3O3. The van der Waals surface area contributed by atoms with E-state index in [1.54, 1.807) is 11.8 Å². The van der Waals surface area contributed by atoms with Gasteiger partial charge in [0, 0.05) is 31.6 Å². The zero-order valence-corrected chi connectivity index (χ0v) is 15.3. The molecular weight excluding hydrogens is 356 g/mol. The second-order valence-corrected chi connectivity index (χ2v) is 7.00. The molecule has 0 aromatic heterocycles. The number of carbonyl (C=O) groups excluding carboxylic acids is 3. The van der Waals surface area contributed by atoms with Crippen molar-refractivity contribution in [3.8, 4) is 0 Å². The second kappa shape index (κ2) is 8.02. The molecule has 8 heteroatoms. The van der Waals surface area contributed by atoms with E-state index in [-0.39, 0.29) is 36.4 Å². The van der Waals surface area contributed by atoms with Crippen molar-refractivity contribution in [2.24, 2.45) is 0 Å². The lowest BCUT2D eigenvalue weighted by Crippen LogP contribution is -2.58. The molecule has 146 valence electrons. The van der Waals surface area contributed by atoms with Gasteiger partial charge in [-0.3, -0.25) is 14.4 Å². The van der Waals surface area contributed by atoms with Gasteiger partial charge in [-0.05, 0) is 31.9 Å². The van der Waals surface area contributed by atoms with Crippen LogP contribution in [0.2, 0.25) is 0 Å². The third-order valence-electron chi connectivity index (χ3n) is 5.20. The Labute approximate surface area is 156 Å². The number of halogens is 2. The molecule has 2 saturated heterocycles. The summed E-state index contributed by atoms with van der Waals surface area (Å²) < 4.78 is 27.7. The molecule has 0 saturated carbocycles. The van der Waals surface area contributed by atoms with Crippen LogP contribution in [0.3, 0.4) is 0 Å². The molecule has 2 aliphatic rings. The van der Waals surface area contributed by atoms with Crippen LogP contribution in [0, 0.1) is 11.6 Å². The van der Waals surface area contributed by atoms with Gasteiger partial charge in [0.2, 0.25) is 17.7 Å². The maximum absolute atomic E-state index is 13.9. The minimum absolute atomic E-state index is 0.118. The predicted molar refractivity (Wildman–Crippen MR) is 93.4 cm³/mol. The maximum atomic E-state index is 13.9. The van der Waals surface area contributed by atoms with Crippen molar-refractivity contribution >= 4 is 17.7 Å². The fourth-order valence-electron chi connectivity index (χ4n) is 3.61. The summed E-state index contributed by atoms with van der Waals surface area (Å²) in [5.74, 6) is -1.94. The van der Waals surface area contributed by atoms with Crippen LogP contribution in [0.5, 0.6) is 0 Å². The summed E-state index contributed by atoms with van der Waals surface area (Å²) in [5.41, 5.74) is -0.216. The lowest BCUT2D eigenvalue weighted by atomic mass is 10.1. The summed E-state index contributed by atoms with van der Waals surface area (Å²) in [6.07, 6.45) is 2.03. The first kappa shape index (κ1) is 19.3. The number of nitrogens with zero attached hydrogens (tertiary/aromatic N) is 3. The van der Waals surface area contributed by atoms with Crippen LogP contribution in [-0.2, 0) is 20.9 Å². The summed E-state index contributed by atoms with van der Waals surface area (Å²) in [5, 5.41) is 0. The normalized spacial score (nSPS) is 20.8. The largest absolute Gasteiger partial charge is 0.343 e. The number of piperazine rings is 1. The standard InChI is InChI=1S/C19H23F2N3O3/c1-13-19(27)23(10-4-9-22-8-3-7-17(22)25)12-18(26)24(13)11-14-15(20)5-2-6-16(14)21/h2,5-6,13H,3-4,7-12H2,1H3/t13-/m0/s1. The molecule has 1 atom stereocenters. The molecule has 0 N–H and O–H groups in total. The van der Waals surface area contributed by atoms with Gasteiger partial charge in [0.05, 0.1) is 13.1 Å². The molecule has 2 aliphatic heterocycles. The lowest BCUT2D eigenvalue weighted by molar-refractivity contribution is -0.155. The minimum atomic E-state index is -0.793. The van der Waals surface area contributed by atoms with E-state index < -0.39 is 17.7 Å². The molecule has 1 aromatic carbocycles. The number of hydrogen-bond donors (Lipinski definition) is 0. The van der Waals surface area contributed by atoms with Gasteiger partial charge in [-0.25, -0.2) is 8.78 Å². The number of hydrogen-bond acceptors (Lipinski definition) is 3. The molecule has 0 radical (unpaired) electrons. The van der Waals surface area contributed by atoms with E-state index in [0.717, 1.165) is 25.1 Å². The van der Waals surface area contributed by atoms with Gasteiger partial charge < -0.3 is 14.7 Å². The summed E-state index contributed by atoms with van der Waals surface area (Å²) in [6, 6.07) is 2.73. The van der Waals surface area contributed by atoms with E-state index in [2.05, 4.69) is 0 Å². The van der Waals surface area contributed by atoms with Crippen molar-refractivity contribution in [1.29, 1.82) is 0 Å². The van der Waals surface area contributed by atoms with Gasteiger partial charge in [-0.1, -0.05) is 6.07 Å². The van der Waals surface area contributed by atoms with Crippen LogP contribution >= 0.6 is 0 Å². The Morgan fingerprint density at radius 3 is 2.33 bits per heavy atom. The first-order valence-electron chi connectivity index (χ1n) is 9.17. The van der Waals surface area contributed by atoms with E-state index in [1.165, 1.54) is 15.9 Å². The molecule has 0 aliphatic carbocycles. The van der Waals surface area contributed by atoms with E-state index in [1.807, 2.05) is 0 Å². The fourth-order valence-corrected chi connectivity index (χ4v) is 3.61. The Bertz CT molecular complexity index is 735.